The van der Waals surface area contributed by atoms with Crippen LogP contribution >= 0.6 is 0 Å². The number of carbonyl (C=O) groups excluding carboxylic acids is 2. The molecule has 2 amide bonds. The van der Waals surface area contributed by atoms with Gasteiger partial charge in [-0.05, 0) is 36.2 Å². The van der Waals surface area contributed by atoms with Crippen molar-refractivity contribution in [3.63, 3.8) is 0 Å². The molecule has 0 unspecified atom stereocenters. The molecule has 6 heteroatoms. The molecule has 1 aliphatic heterocycles. The number of hydrogen-bond donors (Lipinski definition) is 2. The van der Waals surface area contributed by atoms with E-state index >= 15 is 0 Å². The molecule has 0 aliphatic carbocycles. The summed E-state index contributed by atoms with van der Waals surface area (Å²) >= 11 is 0. The van der Waals surface area contributed by atoms with Gasteiger partial charge in [0.1, 0.15) is 5.75 Å². The number of para-hydroxylation sites is 1. The van der Waals surface area contributed by atoms with Gasteiger partial charge in [0.25, 0.3) is 5.91 Å². The molecule has 0 saturated heterocycles. The van der Waals surface area contributed by atoms with Gasteiger partial charge in [-0.2, -0.15) is 0 Å². The molecule has 184 valence electrons. The molecule has 0 fully saturated rings. The van der Waals surface area contributed by atoms with Crippen molar-refractivity contribution in [1.82, 2.24) is 15.2 Å². The van der Waals surface area contributed by atoms with Crippen LogP contribution in [-0.2, 0) is 4.79 Å². The standard InChI is InChI=1S/C30H31N3O3/c1-3-4-17-31-26(34)16-18-33-29(22-12-5-6-13-23(22)30(33)35)27-24-14-7-8-15-25(24)32-28(27)20-10-9-11-21(19-20)36-2/h5-15,19,29,32H,3-4,16-18H2,1-2H3,(H,31,34)/t29-/m0/s1. The molecule has 1 aromatic heterocycles. The van der Waals surface area contributed by atoms with Crippen molar-refractivity contribution in [3.05, 3.63) is 89.5 Å². The third-order valence-electron chi connectivity index (χ3n) is 6.87. The quantitative estimate of drug-likeness (QED) is 0.301. The molecule has 4 aromatic rings. The number of rotatable bonds is 9. The second kappa shape index (κ2) is 10.3. The summed E-state index contributed by atoms with van der Waals surface area (Å²) in [6.07, 6.45) is 2.23. The molecule has 0 spiro atoms. The summed E-state index contributed by atoms with van der Waals surface area (Å²) in [6, 6.07) is 23.6. The summed E-state index contributed by atoms with van der Waals surface area (Å²) in [6.45, 7) is 3.10. The highest BCUT2D eigenvalue weighted by atomic mass is 16.5. The summed E-state index contributed by atoms with van der Waals surface area (Å²) in [4.78, 5) is 31.6. The number of methoxy groups -OCH3 is 1. The van der Waals surface area contributed by atoms with Crippen LogP contribution in [0.15, 0.2) is 72.8 Å². The van der Waals surface area contributed by atoms with Crippen LogP contribution in [0.1, 0.15) is 53.7 Å². The van der Waals surface area contributed by atoms with Crippen LogP contribution < -0.4 is 10.1 Å². The number of unbranched alkanes of at least 4 members (excludes halogenated alkanes) is 1. The summed E-state index contributed by atoms with van der Waals surface area (Å²) in [5.41, 5.74) is 5.61. The highest BCUT2D eigenvalue weighted by molar-refractivity contribution is 6.02. The van der Waals surface area contributed by atoms with E-state index in [1.807, 2.05) is 65.6 Å². The summed E-state index contributed by atoms with van der Waals surface area (Å²) < 4.78 is 5.49. The Morgan fingerprint density at radius 3 is 2.69 bits per heavy atom. The third kappa shape index (κ3) is 4.35. The Morgan fingerprint density at radius 2 is 1.86 bits per heavy atom. The van der Waals surface area contributed by atoms with E-state index in [4.69, 9.17) is 4.74 Å². The van der Waals surface area contributed by atoms with Crippen LogP contribution in [-0.4, -0.2) is 41.9 Å². The lowest BCUT2D eigenvalue weighted by Crippen LogP contribution is -2.34. The fourth-order valence-corrected chi connectivity index (χ4v) is 5.08. The molecular weight excluding hydrogens is 450 g/mol. The molecule has 36 heavy (non-hydrogen) atoms. The number of fused-ring (bicyclic) bond motifs is 2. The number of amides is 2. The SMILES string of the molecule is CCCCNC(=O)CCN1C(=O)c2ccccc2[C@H]1c1c(-c2cccc(OC)c2)[nH]c2ccccc12. The number of nitrogens with one attached hydrogen (secondary N) is 2. The zero-order valence-corrected chi connectivity index (χ0v) is 20.7. The van der Waals surface area contributed by atoms with Gasteiger partial charge in [-0.3, -0.25) is 9.59 Å². The Balaban J connectivity index is 1.61. The van der Waals surface area contributed by atoms with Gasteiger partial charge in [0, 0.05) is 47.1 Å². The molecule has 2 heterocycles. The molecular formula is C30H31N3O3. The Labute approximate surface area is 211 Å². The molecule has 0 saturated carbocycles. The highest BCUT2D eigenvalue weighted by Crippen LogP contribution is 2.45. The van der Waals surface area contributed by atoms with Crippen molar-refractivity contribution >= 4 is 22.7 Å². The Morgan fingerprint density at radius 1 is 1.06 bits per heavy atom. The van der Waals surface area contributed by atoms with E-state index in [2.05, 4.69) is 29.4 Å². The summed E-state index contributed by atoms with van der Waals surface area (Å²) in [5.74, 6) is 0.692. The zero-order chi connectivity index (χ0) is 25.1. The second-order valence-electron chi connectivity index (χ2n) is 9.13. The number of aromatic nitrogens is 1. The lowest BCUT2D eigenvalue weighted by atomic mass is 9.93. The van der Waals surface area contributed by atoms with Gasteiger partial charge in [-0.1, -0.05) is 61.9 Å². The number of aromatic amines is 1. The average molecular weight is 482 g/mol. The maximum Gasteiger partial charge on any atom is 0.255 e. The van der Waals surface area contributed by atoms with Crippen molar-refractivity contribution < 1.29 is 14.3 Å². The summed E-state index contributed by atoms with van der Waals surface area (Å²) in [5, 5.41) is 4.03. The van der Waals surface area contributed by atoms with E-state index in [0.29, 0.717) is 18.7 Å². The molecule has 1 aliphatic rings. The van der Waals surface area contributed by atoms with Crippen LogP contribution in [0.5, 0.6) is 5.75 Å². The van der Waals surface area contributed by atoms with Gasteiger partial charge in [0.05, 0.1) is 18.8 Å². The van der Waals surface area contributed by atoms with Crippen LogP contribution in [0.25, 0.3) is 22.2 Å². The summed E-state index contributed by atoms with van der Waals surface area (Å²) in [7, 11) is 1.66. The fraction of sp³-hybridized carbons (Fsp3) is 0.267. The van der Waals surface area contributed by atoms with Crippen LogP contribution in [0.4, 0.5) is 0 Å². The van der Waals surface area contributed by atoms with Gasteiger partial charge in [0.15, 0.2) is 0 Å². The average Bonchev–Trinajstić information content (AvgIpc) is 3.42. The highest BCUT2D eigenvalue weighted by Gasteiger charge is 2.40. The smallest absolute Gasteiger partial charge is 0.255 e. The molecule has 0 bridgehead atoms. The van der Waals surface area contributed by atoms with Gasteiger partial charge in [-0.25, -0.2) is 0 Å². The van der Waals surface area contributed by atoms with E-state index < -0.39 is 0 Å². The molecule has 6 nitrogen and oxygen atoms in total. The van der Waals surface area contributed by atoms with Gasteiger partial charge >= 0.3 is 0 Å². The number of nitrogens with zero attached hydrogens (tertiary/aromatic N) is 1. The van der Waals surface area contributed by atoms with Gasteiger partial charge in [0.2, 0.25) is 5.91 Å². The Bertz CT molecular complexity index is 1410. The van der Waals surface area contributed by atoms with E-state index in [-0.39, 0.29) is 24.3 Å². The van der Waals surface area contributed by atoms with Crippen LogP contribution in [0, 0.1) is 0 Å². The zero-order valence-electron chi connectivity index (χ0n) is 20.7. The van der Waals surface area contributed by atoms with Gasteiger partial charge in [-0.15, -0.1) is 0 Å². The predicted octanol–water partition coefficient (Wildman–Crippen LogP) is 5.70. The minimum atomic E-state index is -0.311. The number of ether oxygens (including phenoxy) is 1. The van der Waals surface area contributed by atoms with Crippen LogP contribution in [0.3, 0.4) is 0 Å². The van der Waals surface area contributed by atoms with E-state index in [0.717, 1.165) is 51.9 Å². The van der Waals surface area contributed by atoms with E-state index in [9.17, 15) is 9.59 Å². The number of benzene rings is 3. The normalized spacial score (nSPS) is 14.8. The van der Waals surface area contributed by atoms with Crippen molar-refractivity contribution in [2.45, 2.75) is 32.2 Å². The topological polar surface area (TPSA) is 74.4 Å². The maximum absolute atomic E-state index is 13.6. The first-order chi connectivity index (χ1) is 17.6. The number of H-pyrrole nitrogens is 1. The lowest BCUT2D eigenvalue weighted by molar-refractivity contribution is -0.121. The largest absolute Gasteiger partial charge is 0.497 e. The monoisotopic (exact) mass is 481 g/mol. The Kier molecular flexibility index (Phi) is 6.76. The number of hydrogen-bond acceptors (Lipinski definition) is 3. The first-order valence-electron chi connectivity index (χ1n) is 12.5. The van der Waals surface area contributed by atoms with Crippen molar-refractivity contribution in [1.29, 1.82) is 0 Å². The predicted molar refractivity (Wildman–Crippen MR) is 142 cm³/mol. The molecule has 5 rings (SSSR count). The minimum Gasteiger partial charge on any atom is -0.497 e. The third-order valence-corrected chi connectivity index (χ3v) is 6.87. The molecule has 0 radical (unpaired) electrons. The van der Waals surface area contributed by atoms with Crippen molar-refractivity contribution in [2.24, 2.45) is 0 Å². The first kappa shape index (κ1) is 23.7. The molecule has 3 aromatic carbocycles. The number of carbonyl (C=O) groups is 2. The van der Waals surface area contributed by atoms with Crippen LogP contribution in [0.2, 0.25) is 0 Å². The Hall–Kier alpha value is -4.06. The second-order valence-corrected chi connectivity index (χ2v) is 9.13. The lowest BCUT2D eigenvalue weighted by Gasteiger charge is -2.26. The molecule has 2 N–H and O–H groups in total. The fourth-order valence-electron chi connectivity index (χ4n) is 5.08. The maximum atomic E-state index is 13.6. The van der Waals surface area contributed by atoms with Crippen molar-refractivity contribution in [2.75, 3.05) is 20.2 Å². The van der Waals surface area contributed by atoms with E-state index in [1.54, 1.807) is 7.11 Å². The minimum absolute atomic E-state index is 0.0297. The first-order valence-corrected chi connectivity index (χ1v) is 12.5. The van der Waals surface area contributed by atoms with Gasteiger partial charge < -0.3 is 19.9 Å². The van der Waals surface area contributed by atoms with Crippen molar-refractivity contribution in [3.8, 4) is 17.0 Å². The molecule has 1 atom stereocenters. The van der Waals surface area contributed by atoms with E-state index in [1.165, 1.54) is 0 Å².